The van der Waals surface area contributed by atoms with Crippen molar-refractivity contribution in [3.8, 4) is 5.75 Å². The van der Waals surface area contributed by atoms with Crippen molar-refractivity contribution in [1.29, 1.82) is 0 Å². The van der Waals surface area contributed by atoms with Crippen molar-refractivity contribution in [3.63, 3.8) is 0 Å². The Bertz CT molecular complexity index is 591. The summed E-state index contributed by atoms with van der Waals surface area (Å²) in [6.07, 6.45) is 1.43. The Morgan fingerprint density at radius 3 is 2.76 bits per heavy atom. The highest BCUT2D eigenvalue weighted by Gasteiger charge is 2.30. The van der Waals surface area contributed by atoms with Gasteiger partial charge in [-0.1, -0.05) is 0 Å². The zero-order chi connectivity index (χ0) is 15.0. The molecule has 1 unspecified atom stereocenters. The van der Waals surface area contributed by atoms with E-state index in [0.717, 1.165) is 43.2 Å². The van der Waals surface area contributed by atoms with Crippen molar-refractivity contribution >= 4 is 23.1 Å². The van der Waals surface area contributed by atoms with Gasteiger partial charge < -0.3 is 21.1 Å². The predicted molar refractivity (Wildman–Crippen MR) is 81.5 cm³/mol. The number of carbonyl (C=O) groups is 1. The van der Waals surface area contributed by atoms with Crippen molar-refractivity contribution < 1.29 is 9.53 Å². The smallest absolute Gasteiger partial charge is 0.220 e. The summed E-state index contributed by atoms with van der Waals surface area (Å²) < 4.78 is 5.91. The number of aliphatic imine (C=N–C) groups is 1. The topological polar surface area (TPSA) is 93.9 Å². The molecule has 1 aromatic carbocycles. The van der Waals surface area contributed by atoms with Crippen LogP contribution in [0.4, 0.5) is 11.4 Å². The van der Waals surface area contributed by atoms with E-state index in [-0.39, 0.29) is 17.9 Å². The number of anilines is 1. The minimum Gasteiger partial charge on any atom is -0.480 e. The van der Waals surface area contributed by atoms with Crippen LogP contribution < -0.4 is 16.2 Å². The Balaban J connectivity index is 1.79. The number of ether oxygens (including phenoxy) is 1. The molecule has 1 saturated heterocycles. The van der Waals surface area contributed by atoms with Crippen molar-refractivity contribution in [2.75, 3.05) is 18.8 Å². The second kappa shape index (κ2) is 5.27. The van der Waals surface area contributed by atoms with Crippen LogP contribution in [-0.4, -0.2) is 35.8 Å². The molecule has 6 nitrogen and oxygen atoms in total. The van der Waals surface area contributed by atoms with Crippen LogP contribution in [0.3, 0.4) is 0 Å². The molecule has 1 amide bonds. The molecule has 4 N–H and O–H groups in total. The van der Waals surface area contributed by atoms with Crippen LogP contribution in [0, 0.1) is 5.92 Å². The summed E-state index contributed by atoms with van der Waals surface area (Å²) in [5.41, 5.74) is 12.6. The summed E-state index contributed by atoms with van der Waals surface area (Å²) in [5, 5.41) is 0. The SMILES string of the molecule is CC1Oc2cc(N)ccc2N=C1N1CCC(C(N)=O)CC1. The Morgan fingerprint density at radius 2 is 2.10 bits per heavy atom. The first-order chi connectivity index (χ1) is 10.0. The van der Waals surface area contributed by atoms with Gasteiger partial charge in [0.05, 0.1) is 0 Å². The number of amidine groups is 1. The molecule has 0 saturated carbocycles. The second-order valence-electron chi connectivity index (χ2n) is 5.62. The van der Waals surface area contributed by atoms with Crippen molar-refractivity contribution in [2.24, 2.45) is 16.6 Å². The minimum absolute atomic E-state index is 0.0197. The summed E-state index contributed by atoms with van der Waals surface area (Å²) in [5.74, 6) is 1.41. The highest BCUT2D eigenvalue weighted by molar-refractivity contribution is 5.91. The van der Waals surface area contributed by atoms with Gasteiger partial charge in [0.15, 0.2) is 6.10 Å². The summed E-state index contributed by atoms with van der Waals surface area (Å²) in [4.78, 5) is 18.1. The fraction of sp³-hybridized carbons (Fsp3) is 0.467. The van der Waals surface area contributed by atoms with Gasteiger partial charge in [-0.05, 0) is 31.9 Å². The van der Waals surface area contributed by atoms with Crippen LogP contribution in [0.1, 0.15) is 19.8 Å². The first kappa shape index (κ1) is 13.7. The number of likely N-dealkylation sites (tertiary alicyclic amines) is 1. The number of hydrogen-bond acceptors (Lipinski definition) is 5. The number of amides is 1. The molecule has 0 aromatic heterocycles. The van der Waals surface area contributed by atoms with Gasteiger partial charge in [-0.15, -0.1) is 0 Å². The molecule has 6 heteroatoms. The standard InChI is InChI=1S/C15H20N4O2/c1-9-15(19-6-4-10(5-7-19)14(17)20)18-12-3-2-11(16)8-13(12)21-9/h2-3,8-10H,4-7,16H2,1H3,(H2,17,20). The molecule has 2 heterocycles. The first-order valence-electron chi connectivity index (χ1n) is 7.23. The summed E-state index contributed by atoms with van der Waals surface area (Å²) in [6, 6.07) is 5.48. The third-order valence-corrected chi connectivity index (χ3v) is 4.11. The van der Waals surface area contributed by atoms with E-state index in [1.165, 1.54) is 0 Å². The lowest BCUT2D eigenvalue weighted by Gasteiger charge is -2.36. The Hall–Kier alpha value is -2.24. The van der Waals surface area contributed by atoms with Gasteiger partial charge >= 0.3 is 0 Å². The summed E-state index contributed by atoms with van der Waals surface area (Å²) in [6.45, 7) is 3.54. The molecular weight excluding hydrogens is 268 g/mol. The first-order valence-corrected chi connectivity index (χ1v) is 7.23. The maximum Gasteiger partial charge on any atom is 0.220 e. The van der Waals surface area contributed by atoms with Crippen molar-refractivity contribution in [1.82, 2.24) is 4.90 Å². The number of nitrogens with two attached hydrogens (primary N) is 2. The number of primary amides is 1. The average molecular weight is 288 g/mol. The number of hydrogen-bond donors (Lipinski definition) is 2. The van der Waals surface area contributed by atoms with Crippen LogP contribution in [0.2, 0.25) is 0 Å². The van der Waals surface area contributed by atoms with Crippen LogP contribution in [0.25, 0.3) is 0 Å². The molecule has 0 radical (unpaired) electrons. The molecule has 0 aliphatic carbocycles. The maximum absolute atomic E-state index is 11.2. The Kier molecular flexibility index (Phi) is 3.45. The van der Waals surface area contributed by atoms with E-state index >= 15 is 0 Å². The normalized spacial score (nSPS) is 22.2. The molecule has 1 atom stereocenters. The van der Waals surface area contributed by atoms with E-state index in [4.69, 9.17) is 21.2 Å². The van der Waals surface area contributed by atoms with Crippen LogP contribution in [0.15, 0.2) is 23.2 Å². The number of nitrogen functional groups attached to an aromatic ring is 1. The number of piperidine rings is 1. The Morgan fingerprint density at radius 1 is 1.38 bits per heavy atom. The van der Waals surface area contributed by atoms with E-state index in [9.17, 15) is 4.79 Å². The van der Waals surface area contributed by atoms with Crippen LogP contribution in [-0.2, 0) is 4.79 Å². The van der Waals surface area contributed by atoms with Gasteiger partial charge in [0.25, 0.3) is 0 Å². The Labute approximate surface area is 123 Å². The quantitative estimate of drug-likeness (QED) is 0.761. The number of carbonyl (C=O) groups excluding carboxylic acids is 1. The van der Waals surface area contributed by atoms with Crippen molar-refractivity contribution in [3.05, 3.63) is 18.2 Å². The largest absolute Gasteiger partial charge is 0.480 e. The monoisotopic (exact) mass is 288 g/mol. The maximum atomic E-state index is 11.2. The van der Waals surface area contributed by atoms with Gasteiger partial charge in [0.2, 0.25) is 5.91 Å². The fourth-order valence-electron chi connectivity index (χ4n) is 2.90. The molecule has 0 bridgehead atoms. The number of benzene rings is 1. The van der Waals surface area contributed by atoms with Gasteiger partial charge in [0.1, 0.15) is 17.3 Å². The highest BCUT2D eigenvalue weighted by Crippen LogP contribution is 2.35. The lowest BCUT2D eigenvalue weighted by Crippen LogP contribution is -2.47. The van der Waals surface area contributed by atoms with E-state index in [1.54, 1.807) is 6.07 Å². The number of rotatable bonds is 1. The zero-order valence-corrected chi connectivity index (χ0v) is 12.1. The molecule has 3 rings (SSSR count). The molecule has 2 aliphatic rings. The molecule has 112 valence electrons. The molecule has 0 spiro atoms. The molecule has 2 aliphatic heterocycles. The molecule has 1 aromatic rings. The molecule has 21 heavy (non-hydrogen) atoms. The van der Waals surface area contributed by atoms with Crippen molar-refractivity contribution in [2.45, 2.75) is 25.9 Å². The van der Waals surface area contributed by atoms with E-state index in [1.807, 2.05) is 19.1 Å². The summed E-state index contributed by atoms with van der Waals surface area (Å²) in [7, 11) is 0. The van der Waals surface area contributed by atoms with Gasteiger partial charge in [-0.2, -0.15) is 0 Å². The lowest BCUT2D eigenvalue weighted by atomic mass is 9.96. The number of fused-ring (bicyclic) bond motifs is 1. The summed E-state index contributed by atoms with van der Waals surface area (Å²) >= 11 is 0. The predicted octanol–water partition coefficient (Wildman–Crippen LogP) is 1.28. The van der Waals surface area contributed by atoms with E-state index < -0.39 is 0 Å². The van der Waals surface area contributed by atoms with Crippen LogP contribution >= 0.6 is 0 Å². The lowest BCUT2D eigenvalue weighted by molar-refractivity contribution is -0.122. The van der Waals surface area contributed by atoms with E-state index in [0.29, 0.717) is 5.69 Å². The highest BCUT2D eigenvalue weighted by atomic mass is 16.5. The second-order valence-corrected chi connectivity index (χ2v) is 5.62. The minimum atomic E-state index is -0.203. The average Bonchev–Trinajstić information content (AvgIpc) is 2.46. The van der Waals surface area contributed by atoms with Crippen LogP contribution in [0.5, 0.6) is 5.75 Å². The van der Waals surface area contributed by atoms with Gasteiger partial charge in [-0.3, -0.25) is 4.79 Å². The van der Waals surface area contributed by atoms with Gasteiger partial charge in [-0.25, -0.2) is 4.99 Å². The van der Waals surface area contributed by atoms with Gasteiger partial charge in [0, 0.05) is 30.8 Å². The van der Waals surface area contributed by atoms with E-state index in [2.05, 4.69) is 4.90 Å². The zero-order valence-electron chi connectivity index (χ0n) is 12.1. The third kappa shape index (κ3) is 2.66. The molecular formula is C15H20N4O2. The number of nitrogens with zero attached hydrogens (tertiary/aromatic N) is 2. The molecule has 1 fully saturated rings. The third-order valence-electron chi connectivity index (χ3n) is 4.11. The fourth-order valence-corrected chi connectivity index (χ4v) is 2.90.